The van der Waals surface area contributed by atoms with Crippen LogP contribution in [0.25, 0.3) is 39.5 Å². The number of hydrogen-bond acceptors (Lipinski definition) is 4. The maximum atomic E-state index is 9.42. The number of allylic oxidation sites excluding steroid dienone is 4. The van der Waals surface area contributed by atoms with Crippen LogP contribution >= 0.6 is 0 Å². The van der Waals surface area contributed by atoms with E-state index in [9.17, 15) is 10.0 Å². The largest absolute Gasteiger partial charge is 0.488 e. The smallest absolute Gasteiger partial charge is 0.423 e. The van der Waals surface area contributed by atoms with E-state index in [2.05, 4.69) is 49.4 Å². The summed E-state index contributed by atoms with van der Waals surface area (Å²) < 4.78 is 0. The summed E-state index contributed by atoms with van der Waals surface area (Å²) in [7, 11) is -1.51. The summed E-state index contributed by atoms with van der Waals surface area (Å²) in [5, 5.41) is 18.8. The molecule has 0 saturated heterocycles. The average Bonchev–Trinajstić information content (AvgIpc) is 2.89. The van der Waals surface area contributed by atoms with Crippen molar-refractivity contribution in [3.63, 3.8) is 0 Å². The van der Waals surface area contributed by atoms with Gasteiger partial charge in [-0.1, -0.05) is 104 Å². The Morgan fingerprint density at radius 1 is 0.794 bits per heavy atom. The molecule has 4 nitrogen and oxygen atoms in total. The van der Waals surface area contributed by atoms with Gasteiger partial charge in [0.05, 0.1) is 11.4 Å². The van der Waals surface area contributed by atoms with Crippen molar-refractivity contribution in [2.24, 2.45) is 0 Å². The van der Waals surface area contributed by atoms with Gasteiger partial charge >= 0.3 is 7.12 Å². The molecule has 5 heteroatoms. The molecular formula is C29H27BN2O2. The van der Waals surface area contributed by atoms with E-state index >= 15 is 0 Å². The van der Waals surface area contributed by atoms with Gasteiger partial charge in [-0.3, -0.25) is 0 Å². The zero-order valence-corrected chi connectivity index (χ0v) is 19.4. The molecule has 4 rings (SSSR count). The van der Waals surface area contributed by atoms with Crippen molar-refractivity contribution >= 4 is 18.2 Å². The molecule has 1 aromatic heterocycles. The summed E-state index contributed by atoms with van der Waals surface area (Å²) in [6, 6.07) is 27.4. The van der Waals surface area contributed by atoms with Crippen LogP contribution in [0.5, 0.6) is 0 Å². The van der Waals surface area contributed by atoms with Crippen LogP contribution in [0.1, 0.15) is 25.8 Å². The second-order valence-corrected chi connectivity index (χ2v) is 7.97. The Morgan fingerprint density at radius 2 is 1.38 bits per heavy atom. The minimum atomic E-state index is -1.51. The predicted molar refractivity (Wildman–Crippen MR) is 141 cm³/mol. The molecule has 0 fully saturated rings. The number of hydrogen-bond donors (Lipinski definition) is 2. The zero-order valence-electron chi connectivity index (χ0n) is 19.4. The van der Waals surface area contributed by atoms with Crippen molar-refractivity contribution in [2.45, 2.75) is 20.3 Å². The minimum Gasteiger partial charge on any atom is -0.423 e. The van der Waals surface area contributed by atoms with Gasteiger partial charge in [-0.2, -0.15) is 0 Å². The van der Waals surface area contributed by atoms with E-state index < -0.39 is 7.12 Å². The first-order valence-corrected chi connectivity index (χ1v) is 11.4. The Morgan fingerprint density at radius 3 is 1.94 bits per heavy atom. The number of benzene rings is 3. The Bertz CT molecular complexity index is 1300. The fourth-order valence-electron chi connectivity index (χ4n) is 3.80. The van der Waals surface area contributed by atoms with E-state index in [0.29, 0.717) is 11.3 Å². The molecule has 0 saturated carbocycles. The lowest BCUT2D eigenvalue weighted by Crippen LogP contribution is -2.29. The number of nitrogens with zero attached hydrogens (tertiary/aromatic N) is 2. The second kappa shape index (κ2) is 10.9. The van der Waals surface area contributed by atoms with Crippen LogP contribution in [0.4, 0.5) is 0 Å². The molecule has 168 valence electrons. The standard InChI is InChI=1S/C29H27BN2O2/c1-3-8-21(9-4-2)22-12-14-24(15-13-22)28-20-27(23-10-6-5-7-11-23)31-29(32-28)25-16-18-26(19-17-25)30(33)34/h3,5-20,33-34H,4H2,1-2H3/b8-3-,21-9+. The highest BCUT2D eigenvalue weighted by Crippen LogP contribution is 2.28. The molecule has 0 aliphatic carbocycles. The molecule has 1 heterocycles. The monoisotopic (exact) mass is 446 g/mol. The van der Waals surface area contributed by atoms with Gasteiger partial charge in [0.1, 0.15) is 0 Å². The first-order chi connectivity index (χ1) is 16.6. The molecule has 0 unspecified atom stereocenters. The van der Waals surface area contributed by atoms with Crippen molar-refractivity contribution in [1.29, 1.82) is 0 Å². The summed E-state index contributed by atoms with van der Waals surface area (Å²) in [4.78, 5) is 9.67. The molecule has 0 radical (unpaired) electrons. The third kappa shape index (κ3) is 5.39. The third-order valence-corrected chi connectivity index (χ3v) is 5.55. The van der Waals surface area contributed by atoms with Crippen molar-refractivity contribution < 1.29 is 10.0 Å². The second-order valence-electron chi connectivity index (χ2n) is 7.97. The molecule has 0 amide bonds. The summed E-state index contributed by atoms with van der Waals surface area (Å²) in [5.41, 5.74) is 7.27. The van der Waals surface area contributed by atoms with Crippen LogP contribution in [-0.2, 0) is 0 Å². The first-order valence-electron chi connectivity index (χ1n) is 11.4. The average molecular weight is 446 g/mol. The Balaban J connectivity index is 1.79. The number of rotatable bonds is 7. The topological polar surface area (TPSA) is 66.2 Å². The third-order valence-electron chi connectivity index (χ3n) is 5.55. The van der Waals surface area contributed by atoms with Gasteiger partial charge in [-0.25, -0.2) is 9.97 Å². The van der Waals surface area contributed by atoms with Gasteiger partial charge in [0.2, 0.25) is 0 Å². The lowest BCUT2D eigenvalue weighted by Gasteiger charge is -2.11. The van der Waals surface area contributed by atoms with E-state index in [4.69, 9.17) is 9.97 Å². The van der Waals surface area contributed by atoms with Gasteiger partial charge in [0, 0.05) is 16.7 Å². The molecule has 0 aliphatic heterocycles. The molecule has 0 aliphatic rings. The highest BCUT2D eigenvalue weighted by Gasteiger charge is 2.13. The maximum absolute atomic E-state index is 9.42. The molecule has 34 heavy (non-hydrogen) atoms. The molecule has 0 atom stereocenters. The Hall–Kier alpha value is -3.80. The van der Waals surface area contributed by atoms with Crippen LogP contribution in [0, 0.1) is 0 Å². The maximum Gasteiger partial charge on any atom is 0.488 e. The van der Waals surface area contributed by atoms with Crippen molar-refractivity contribution in [2.75, 3.05) is 0 Å². The van der Waals surface area contributed by atoms with E-state index in [1.807, 2.05) is 55.5 Å². The Labute approximate surface area is 201 Å². The van der Waals surface area contributed by atoms with Gasteiger partial charge in [0.25, 0.3) is 0 Å². The van der Waals surface area contributed by atoms with Crippen LogP contribution in [0.2, 0.25) is 0 Å². The van der Waals surface area contributed by atoms with Crippen molar-refractivity contribution in [1.82, 2.24) is 9.97 Å². The van der Waals surface area contributed by atoms with E-state index in [1.165, 1.54) is 11.1 Å². The van der Waals surface area contributed by atoms with Crippen LogP contribution < -0.4 is 5.46 Å². The molecule has 2 N–H and O–H groups in total. The fourth-order valence-corrected chi connectivity index (χ4v) is 3.80. The zero-order chi connectivity index (χ0) is 23.9. The molecule has 4 aromatic rings. The highest BCUT2D eigenvalue weighted by molar-refractivity contribution is 6.58. The van der Waals surface area contributed by atoms with Gasteiger partial charge in [-0.15, -0.1) is 0 Å². The van der Waals surface area contributed by atoms with E-state index in [1.54, 1.807) is 12.1 Å². The molecule has 0 spiro atoms. The van der Waals surface area contributed by atoms with Crippen molar-refractivity contribution in [3.8, 4) is 33.9 Å². The lowest BCUT2D eigenvalue weighted by molar-refractivity contribution is 0.426. The summed E-state index contributed by atoms with van der Waals surface area (Å²) in [5.74, 6) is 0.583. The number of aromatic nitrogens is 2. The lowest BCUT2D eigenvalue weighted by atomic mass is 9.80. The van der Waals surface area contributed by atoms with Crippen LogP contribution in [-0.4, -0.2) is 27.1 Å². The van der Waals surface area contributed by atoms with Gasteiger partial charge < -0.3 is 10.0 Å². The van der Waals surface area contributed by atoms with Gasteiger partial charge in [-0.05, 0) is 36.0 Å². The van der Waals surface area contributed by atoms with E-state index in [-0.39, 0.29) is 0 Å². The predicted octanol–water partition coefficient (Wildman–Crippen LogP) is 5.53. The van der Waals surface area contributed by atoms with Crippen LogP contribution in [0.3, 0.4) is 0 Å². The Kier molecular flexibility index (Phi) is 7.48. The van der Waals surface area contributed by atoms with E-state index in [0.717, 1.165) is 34.5 Å². The minimum absolute atomic E-state index is 0.427. The fraction of sp³-hybridized carbons (Fsp3) is 0.103. The SMILES string of the molecule is C/C=C\C(=C/CC)c1ccc(-c2cc(-c3ccccc3)nc(-c3ccc(B(O)O)cc3)n2)cc1. The summed E-state index contributed by atoms with van der Waals surface area (Å²) >= 11 is 0. The van der Waals surface area contributed by atoms with Gasteiger partial charge in [0.15, 0.2) is 5.82 Å². The molecule has 3 aromatic carbocycles. The normalized spacial score (nSPS) is 11.7. The molecule has 0 bridgehead atoms. The highest BCUT2D eigenvalue weighted by atomic mass is 16.4. The van der Waals surface area contributed by atoms with Crippen molar-refractivity contribution in [3.05, 3.63) is 109 Å². The molecular weight excluding hydrogens is 419 g/mol. The van der Waals surface area contributed by atoms with Crippen LogP contribution in [0.15, 0.2) is 103 Å². The summed E-state index contributed by atoms with van der Waals surface area (Å²) in [6.07, 6.45) is 7.38. The quantitative estimate of drug-likeness (QED) is 0.290. The first kappa shape index (κ1) is 23.4. The summed E-state index contributed by atoms with van der Waals surface area (Å²) in [6.45, 7) is 4.17.